The second kappa shape index (κ2) is 4.55. The highest BCUT2D eigenvalue weighted by Gasteiger charge is 2.29. The van der Waals surface area contributed by atoms with Crippen LogP contribution in [0.5, 0.6) is 0 Å². The Morgan fingerprint density at radius 3 is 2.47 bits per heavy atom. The third-order valence-corrected chi connectivity index (χ3v) is 3.76. The first-order valence-corrected chi connectivity index (χ1v) is 6.88. The molecule has 5 nitrogen and oxygen atoms in total. The Kier molecular flexibility index (Phi) is 2.87. The van der Waals surface area contributed by atoms with E-state index in [1.54, 1.807) is 0 Å². The molecule has 0 atom stereocenters. The molecular weight excluding hydrogens is 260 g/mol. The number of aromatic nitrogens is 1. The van der Waals surface area contributed by atoms with Gasteiger partial charge in [-0.05, 0) is 25.0 Å². The van der Waals surface area contributed by atoms with Gasteiger partial charge in [-0.1, -0.05) is 23.5 Å². The molecule has 1 fully saturated rings. The predicted octanol–water partition coefficient (Wildman–Crippen LogP) is 2.32. The first-order chi connectivity index (χ1) is 9.13. The minimum atomic E-state index is 0.102. The molecule has 0 bridgehead atoms. The van der Waals surface area contributed by atoms with E-state index in [0.717, 1.165) is 24.1 Å². The highest BCUT2D eigenvalue weighted by atomic mass is 32.1. The summed E-state index contributed by atoms with van der Waals surface area (Å²) < 4.78 is 0. The molecular formula is C13H14N4OS. The second-order valence-corrected chi connectivity index (χ2v) is 5.67. The molecule has 1 aromatic carbocycles. The molecule has 0 unspecified atom stereocenters. The number of rotatable bonds is 3. The summed E-state index contributed by atoms with van der Waals surface area (Å²) in [5, 5.41) is 3.95. The SMILES string of the molecule is Nc1nc(-c2ccc(NC(=O)C3CC3)cc2)c(N)s1. The van der Waals surface area contributed by atoms with Crippen LogP contribution in [0.3, 0.4) is 0 Å². The third-order valence-electron chi connectivity index (χ3n) is 3.04. The van der Waals surface area contributed by atoms with Crippen molar-refractivity contribution in [1.82, 2.24) is 4.98 Å². The minimum absolute atomic E-state index is 0.102. The van der Waals surface area contributed by atoms with E-state index < -0.39 is 0 Å². The van der Waals surface area contributed by atoms with E-state index in [1.165, 1.54) is 11.3 Å². The average Bonchev–Trinajstić information content (AvgIpc) is 3.16. The summed E-state index contributed by atoms with van der Waals surface area (Å²) in [6, 6.07) is 7.47. The topological polar surface area (TPSA) is 94.0 Å². The fraction of sp³-hybridized carbons (Fsp3) is 0.231. The lowest BCUT2D eigenvalue weighted by Crippen LogP contribution is -2.12. The van der Waals surface area contributed by atoms with Crippen molar-refractivity contribution in [3.63, 3.8) is 0 Å². The molecule has 1 aliphatic carbocycles. The van der Waals surface area contributed by atoms with Crippen LogP contribution in [0, 0.1) is 5.92 Å². The summed E-state index contributed by atoms with van der Waals surface area (Å²) in [6.07, 6.45) is 2.00. The molecule has 98 valence electrons. The van der Waals surface area contributed by atoms with E-state index in [2.05, 4.69) is 10.3 Å². The van der Waals surface area contributed by atoms with Crippen molar-refractivity contribution in [2.24, 2.45) is 5.92 Å². The Bertz CT molecular complexity index is 616. The molecule has 1 amide bonds. The maximum atomic E-state index is 11.6. The monoisotopic (exact) mass is 274 g/mol. The smallest absolute Gasteiger partial charge is 0.227 e. The molecule has 0 radical (unpaired) electrons. The third kappa shape index (κ3) is 2.53. The highest BCUT2D eigenvalue weighted by molar-refractivity contribution is 7.19. The van der Waals surface area contributed by atoms with Crippen LogP contribution in [-0.4, -0.2) is 10.9 Å². The lowest BCUT2D eigenvalue weighted by molar-refractivity contribution is -0.117. The standard InChI is InChI=1S/C13H14N4OS/c14-11-10(17-13(15)19-11)7-3-5-9(6-4-7)16-12(18)8-1-2-8/h3-6,8H,1-2,14H2,(H2,15,17)(H,16,18). The van der Waals surface area contributed by atoms with E-state index in [4.69, 9.17) is 11.5 Å². The maximum absolute atomic E-state index is 11.6. The molecule has 1 aromatic heterocycles. The predicted molar refractivity (Wildman–Crippen MR) is 77.7 cm³/mol. The number of amides is 1. The molecule has 5 N–H and O–H groups in total. The van der Waals surface area contributed by atoms with E-state index in [1.807, 2.05) is 24.3 Å². The zero-order valence-electron chi connectivity index (χ0n) is 10.2. The van der Waals surface area contributed by atoms with E-state index in [0.29, 0.717) is 15.8 Å². The Morgan fingerprint density at radius 2 is 1.95 bits per heavy atom. The van der Waals surface area contributed by atoms with Crippen LogP contribution in [0.15, 0.2) is 24.3 Å². The van der Waals surface area contributed by atoms with Gasteiger partial charge in [0, 0.05) is 17.2 Å². The number of carbonyl (C=O) groups excluding carboxylic acids is 1. The van der Waals surface area contributed by atoms with Crippen molar-refractivity contribution < 1.29 is 4.79 Å². The van der Waals surface area contributed by atoms with Gasteiger partial charge in [-0.3, -0.25) is 4.79 Å². The second-order valence-electron chi connectivity index (χ2n) is 4.61. The quantitative estimate of drug-likeness (QED) is 0.800. The Morgan fingerprint density at radius 1 is 1.26 bits per heavy atom. The van der Waals surface area contributed by atoms with Gasteiger partial charge in [0.05, 0.1) is 0 Å². The van der Waals surface area contributed by atoms with E-state index >= 15 is 0 Å². The number of anilines is 3. The summed E-state index contributed by atoms with van der Waals surface area (Å²) in [7, 11) is 0. The van der Waals surface area contributed by atoms with Gasteiger partial charge in [0.1, 0.15) is 10.7 Å². The molecule has 1 heterocycles. The molecule has 6 heteroatoms. The van der Waals surface area contributed by atoms with Crippen LogP contribution in [0.1, 0.15) is 12.8 Å². The number of hydrogen-bond acceptors (Lipinski definition) is 5. The van der Waals surface area contributed by atoms with Gasteiger partial charge in [0.2, 0.25) is 5.91 Å². The van der Waals surface area contributed by atoms with Crippen molar-refractivity contribution in [3.05, 3.63) is 24.3 Å². The molecule has 0 aliphatic heterocycles. The lowest BCUT2D eigenvalue weighted by atomic mass is 10.1. The normalized spacial score (nSPS) is 14.3. The van der Waals surface area contributed by atoms with Crippen LogP contribution in [0.4, 0.5) is 15.8 Å². The fourth-order valence-electron chi connectivity index (χ4n) is 1.86. The van der Waals surface area contributed by atoms with Crippen molar-refractivity contribution in [1.29, 1.82) is 0 Å². The zero-order chi connectivity index (χ0) is 13.4. The van der Waals surface area contributed by atoms with Crippen molar-refractivity contribution in [3.8, 4) is 11.3 Å². The summed E-state index contributed by atoms with van der Waals surface area (Å²) in [6.45, 7) is 0. The maximum Gasteiger partial charge on any atom is 0.227 e. The van der Waals surface area contributed by atoms with Gasteiger partial charge >= 0.3 is 0 Å². The lowest BCUT2D eigenvalue weighted by Gasteiger charge is -2.05. The summed E-state index contributed by atoms with van der Waals surface area (Å²) in [5.74, 6) is 0.304. The number of nitrogens with zero attached hydrogens (tertiary/aromatic N) is 1. The number of thiazole rings is 1. The van der Waals surface area contributed by atoms with Crippen LogP contribution in [0.2, 0.25) is 0 Å². The summed E-state index contributed by atoms with van der Waals surface area (Å²) in [4.78, 5) is 15.8. The van der Waals surface area contributed by atoms with Crippen molar-refractivity contribution >= 4 is 33.1 Å². The van der Waals surface area contributed by atoms with Crippen molar-refractivity contribution in [2.45, 2.75) is 12.8 Å². The van der Waals surface area contributed by atoms with Crippen LogP contribution in [-0.2, 0) is 4.79 Å². The van der Waals surface area contributed by atoms with Crippen molar-refractivity contribution in [2.75, 3.05) is 16.8 Å². The largest absolute Gasteiger partial charge is 0.389 e. The minimum Gasteiger partial charge on any atom is -0.389 e. The fourth-order valence-corrected chi connectivity index (χ4v) is 2.48. The number of nitrogens with one attached hydrogen (secondary N) is 1. The van der Waals surface area contributed by atoms with E-state index in [9.17, 15) is 4.79 Å². The first-order valence-electron chi connectivity index (χ1n) is 6.06. The van der Waals surface area contributed by atoms with Gasteiger partial charge in [0.15, 0.2) is 5.13 Å². The average molecular weight is 274 g/mol. The first kappa shape index (κ1) is 12.0. The Balaban J connectivity index is 1.78. The number of nitrogen functional groups attached to an aromatic ring is 2. The molecule has 1 saturated carbocycles. The molecule has 0 spiro atoms. The van der Waals surface area contributed by atoms with Crippen LogP contribution < -0.4 is 16.8 Å². The highest BCUT2D eigenvalue weighted by Crippen LogP contribution is 2.33. The molecule has 3 rings (SSSR count). The van der Waals surface area contributed by atoms with Crippen LogP contribution >= 0.6 is 11.3 Å². The number of hydrogen-bond donors (Lipinski definition) is 3. The zero-order valence-corrected chi connectivity index (χ0v) is 11.0. The van der Waals surface area contributed by atoms with Gasteiger partial charge in [0.25, 0.3) is 0 Å². The molecule has 1 aliphatic rings. The molecule has 2 aromatic rings. The number of nitrogens with two attached hydrogens (primary N) is 2. The summed E-state index contributed by atoms with van der Waals surface area (Å²) in [5.41, 5.74) is 13.9. The Hall–Kier alpha value is -2.08. The van der Waals surface area contributed by atoms with Gasteiger partial charge < -0.3 is 16.8 Å². The molecule has 0 saturated heterocycles. The summed E-state index contributed by atoms with van der Waals surface area (Å²) >= 11 is 1.27. The van der Waals surface area contributed by atoms with Crippen LogP contribution in [0.25, 0.3) is 11.3 Å². The molecule has 19 heavy (non-hydrogen) atoms. The van der Waals surface area contributed by atoms with E-state index in [-0.39, 0.29) is 11.8 Å². The van der Waals surface area contributed by atoms with Gasteiger partial charge in [-0.15, -0.1) is 0 Å². The number of carbonyl (C=O) groups is 1. The Labute approximate surface area is 114 Å². The van der Waals surface area contributed by atoms with Gasteiger partial charge in [-0.25, -0.2) is 4.98 Å². The van der Waals surface area contributed by atoms with Gasteiger partial charge in [-0.2, -0.15) is 0 Å². The number of benzene rings is 1.